The highest BCUT2D eigenvalue weighted by Crippen LogP contribution is 2.28. The molecular weight excluding hydrogens is 392 g/mol. The first-order valence-electron chi connectivity index (χ1n) is 6.79. The molecule has 0 unspecified atom stereocenters. The van der Waals surface area contributed by atoms with Crippen LogP contribution in [0, 0.1) is 6.92 Å². The third kappa shape index (κ3) is 2.74. The van der Waals surface area contributed by atoms with E-state index in [1.807, 2.05) is 6.07 Å². The molecule has 4 heteroatoms. The summed E-state index contributed by atoms with van der Waals surface area (Å²) in [5.74, 6) is 0. The third-order valence-electron chi connectivity index (χ3n) is 3.88. The van der Waals surface area contributed by atoms with Gasteiger partial charge in [-0.25, -0.2) is 0 Å². The summed E-state index contributed by atoms with van der Waals surface area (Å²) in [6.45, 7) is 2.99. The Morgan fingerprint density at radius 1 is 1.10 bits per heavy atom. The van der Waals surface area contributed by atoms with Gasteiger partial charge in [-0.2, -0.15) is 0 Å². The van der Waals surface area contributed by atoms with Gasteiger partial charge in [0.25, 0.3) is 0 Å². The van der Waals surface area contributed by atoms with Crippen LogP contribution in [0.4, 0.5) is 5.69 Å². The maximum Gasteiger partial charge on any atom is 0.0556 e. The summed E-state index contributed by atoms with van der Waals surface area (Å²) in [6.07, 6.45) is 0. The molecular formula is C17H16Br2N2. The Hall–Kier alpha value is -1.26. The number of para-hydroxylation sites is 1. The van der Waals surface area contributed by atoms with Crippen LogP contribution in [0.5, 0.6) is 0 Å². The summed E-state index contributed by atoms with van der Waals surface area (Å²) < 4.78 is 4.40. The largest absolute Gasteiger partial charge is 0.379 e. The van der Waals surface area contributed by atoms with E-state index < -0.39 is 0 Å². The maximum atomic E-state index is 3.59. The second-order valence-electron chi connectivity index (χ2n) is 5.13. The molecule has 0 amide bonds. The zero-order chi connectivity index (χ0) is 15.0. The molecule has 0 saturated heterocycles. The van der Waals surface area contributed by atoms with Crippen LogP contribution in [0.25, 0.3) is 10.9 Å². The number of aromatic nitrogens is 1. The quantitative estimate of drug-likeness (QED) is 0.595. The first-order chi connectivity index (χ1) is 10.1. The molecule has 0 aliphatic carbocycles. The molecule has 2 aromatic carbocycles. The van der Waals surface area contributed by atoms with Crippen molar-refractivity contribution in [2.24, 2.45) is 7.05 Å². The van der Waals surface area contributed by atoms with Crippen LogP contribution in [0.2, 0.25) is 0 Å². The highest BCUT2D eigenvalue weighted by molar-refractivity contribution is 9.11. The molecule has 3 aromatic rings. The van der Waals surface area contributed by atoms with Crippen LogP contribution < -0.4 is 5.32 Å². The predicted octanol–water partition coefficient (Wildman–Crippen LogP) is 5.62. The van der Waals surface area contributed by atoms with Crippen molar-refractivity contribution in [1.29, 1.82) is 0 Å². The van der Waals surface area contributed by atoms with Gasteiger partial charge in [0.15, 0.2) is 0 Å². The minimum atomic E-state index is 0.803. The number of nitrogens with one attached hydrogen (secondary N) is 1. The van der Waals surface area contributed by atoms with Gasteiger partial charge >= 0.3 is 0 Å². The normalized spacial score (nSPS) is 11.0. The summed E-state index contributed by atoms with van der Waals surface area (Å²) in [4.78, 5) is 0. The molecule has 2 nitrogen and oxygen atoms in total. The molecule has 1 heterocycles. The van der Waals surface area contributed by atoms with E-state index in [0.717, 1.165) is 21.2 Å². The van der Waals surface area contributed by atoms with E-state index in [-0.39, 0.29) is 0 Å². The molecule has 0 saturated carbocycles. The number of hydrogen-bond acceptors (Lipinski definition) is 1. The van der Waals surface area contributed by atoms with E-state index >= 15 is 0 Å². The summed E-state index contributed by atoms with van der Waals surface area (Å²) in [7, 11) is 2.13. The van der Waals surface area contributed by atoms with Gasteiger partial charge in [-0.1, -0.05) is 34.1 Å². The molecule has 0 spiro atoms. The van der Waals surface area contributed by atoms with Crippen LogP contribution in [-0.4, -0.2) is 4.57 Å². The highest BCUT2D eigenvalue weighted by Gasteiger charge is 2.11. The van der Waals surface area contributed by atoms with E-state index in [1.165, 1.54) is 22.2 Å². The Morgan fingerprint density at radius 3 is 2.57 bits per heavy atom. The number of fused-ring (bicyclic) bond motifs is 1. The van der Waals surface area contributed by atoms with Gasteiger partial charge in [0.2, 0.25) is 0 Å². The number of aryl methyl sites for hydroxylation is 2. The fraction of sp³-hybridized carbons (Fsp3) is 0.176. The molecule has 0 fully saturated rings. The summed E-state index contributed by atoms with van der Waals surface area (Å²) in [5.41, 5.74) is 5.03. The van der Waals surface area contributed by atoms with Gasteiger partial charge in [-0.05, 0) is 52.7 Å². The zero-order valence-electron chi connectivity index (χ0n) is 12.0. The monoisotopic (exact) mass is 406 g/mol. The molecule has 0 aliphatic rings. The fourth-order valence-electron chi connectivity index (χ4n) is 2.70. The number of halogens is 2. The molecule has 1 N–H and O–H groups in total. The van der Waals surface area contributed by atoms with Crippen molar-refractivity contribution in [2.45, 2.75) is 13.5 Å². The van der Waals surface area contributed by atoms with Crippen molar-refractivity contribution in [3.05, 3.63) is 62.7 Å². The second-order valence-corrected chi connectivity index (χ2v) is 6.90. The summed E-state index contributed by atoms with van der Waals surface area (Å²) in [5, 5.41) is 4.84. The Labute approximate surface area is 141 Å². The molecule has 0 atom stereocenters. The number of hydrogen-bond donors (Lipinski definition) is 1. The smallest absolute Gasteiger partial charge is 0.0556 e. The average Bonchev–Trinajstić information content (AvgIpc) is 2.71. The van der Waals surface area contributed by atoms with Gasteiger partial charge in [-0.15, -0.1) is 0 Å². The topological polar surface area (TPSA) is 17.0 Å². The van der Waals surface area contributed by atoms with E-state index in [9.17, 15) is 0 Å². The lowest BCUT2D eigenvalue weighted by Gasteiger charge is -2.11. The lowest BCUT2D eigenvalue weighted by molar-refractivity contribution is 0.862. The third-order valence-corrected chi connectivity index (χ3v) is 5.03. The number of anilines is 1. The first kappa shape index (κ1) is 14.7. The van der Waals surface area contributed by atoms with E-state index in [4.69, 9.17) is 0 Å². The van der Waals surface area contributed by atoms with Crippen molar-refractivity contribution in [3.63, 3.8) is 0 Å². The van der Waals surface area contributed by atoms with Crippen LogP contribution in [0.3, 0.4) is 0 Å². The van der Waals surface area contributed by atoms with E-state index in [0.29, 0.717) is 0 Å². The first-order valence-corrected chi connectivity index (χ1v) is 8.38. The molecule has 0 bridgehead atoms. The van der Waals surface area contributed by atoms with Crippen molar-refractivity contribution >= 4 is 48.5 Å². The standard InChI is InChI=1S/C17H16Br2N2/c1-11-13-5-3-4-6-16(13)21(2)17(11)10-20-15-8-7-12(18)9-14(15)19/h3-9,20H,10H2,1-2H3. The van der Waals surface area contributed by atoms with Crippen molar-refractivity contribution < 1.29 is 0 Å². The summed E-state index contributed by atoms with van der Waals surface area (Å²) in [6, 6.07) is 14.7. The Kier molecular flexibility index (Phi) is 4.09. The van der Waals surface area contributed by atoms with Crippen molar-refractivity contribution in [3.8, 4) is 0 Å². The molecule has 0 aliphatic heterocycles. The fourth-order valence-corrected chi connectivity index (χ4v) is 3.89. The Morgan fingerprint density at radius 2 is 1.86 bits per heavy atom. The lowest BCUT2D eigenvalue weighted by Crippen LogP contribution is -2.06. The van der Waals surface area contributed by atoms with E-state index in [1.54, 1.807) is 0 Å². The zero-order valence-corrected chi connectivity index (χ0v) is 15.1. The molecule has 0 radical (unpaired) electrons. The van der Waals surface area contributed by atoms with Gasteiger partial charge in [0.1, 0.15) is 0 Å². The summed E-state index contributed by atoms with van der Waals surface area (Å²) >= 11 is 7.07. The Balaban J connectivity index is 1.92. The minimum absolute atomic E-state index is 0.803. The van der Waals surface area contributed by atoms with Crippen LogP contribution in [0.15, 0.2) is 51.4 Å². The minimum Gasteiger partial charge on any atom is -0.379 e. The number of benzene rings is 2. The molecule has 108 valence electrons. The molecule has 1 aromatic heterocycles. The van der Waals surface area contributed by atoms with E-state index in [2.05, 4.69) is 92.1 Å². The predicted molar refractivity (Wildman–Crippen MR) is 96.8 cm³/mol. The number of nitrogens with zero attached hydrogens (tertiary/aromatic N) is 1. The number of rotatable bonds is 3. The van der Waals surface area contributed by atoms with Gasteiger partial charge < -0.3 is 9.88 Å². The van der Waals surface area contributed by atoms with Crippen molar-refractivity contribution in [1.82, 2.24) is 4.57 Å². The lowest BCUT2D eigenvalue weighted by atomic mass is 10.1. The van der Waals surface area contributed by atoms with Crippen LogP contribution >= 0.6 is 31.9 Å². The van der Waals surface area contributed by atoms with Gasteiger partial charge in [-0.3, -0.25) is 0 Å². The average molecular weight is 408 g/mol. The maximum absolute atomic E-state index is 3.59. The van der Waals surface area contributed by atoms with Crippen LogP contribution in [-0.2, 0) is 13.6 Å². The Bertz CT molecular complexity index is 767. The van der Waals surface area contributed by atoms with Gasteiger partial charge in [0, 0.05) is 38.3 Å². The SMILES string of the molecule is Cc1c(CNc2ccc(Br)cc2Br)n(C)c2ccccc12. The molecule has 21 heavy (non-hydrogen) atoms. The second kappa shape index (κ2) is 5.85. The van der Waals surface area contributed by atoms with Crippen LogP contribution in [0.1, 0.15) is 11.3 Å². The highest BCUT2D eigenvalue weighted by atomic mass is 79.9. The molecule has 3 rings (SSSR count). The van der Waals surface area contributed by atoms with Crippen molar-refractivity contribution in [2.75, 3.05) is 5.32 Å². The van der Waals surface area contributed by atoms with Gasteiger partial charge in [0.05, 0.1) is 6.54 Å².